The number of allylic oxidation sites excluding steroid dienone is 1. The predicted octanol–water partition coefficient (Wildman–Crippen LogP) is 4.86. The number of fused-ring (bicyclic) bond motifs is 1. The highest BCUT2D eigenvalue weighted by atomic mass is 14.2. The molecule has 20 heavy (non-hydrogen) atoms. The summed E-state index contributed by atoms with van der Waals surface area (Å²) < 4.78 is 0. The first-order valence-electron chi connectivity index (χ1n) is 6.53. The summed E-state index contributed by atoms with van der Waals surface area (Å²) in [5.74, 6) is 0. The lowest BCUT2D eigenvalue weighted by molar-refractivity contribution is 1.52. The van der Waals surface area contributed by atoms with E-state index in [1.165, 1.54) is 11.1 Å². The van der Waals surface area contributed by atoms with Crippen molar-refractivity contribution in [2.24, 2.45) is 0 Å². The minimum atomic E-state index is 0.685. The van der Waals surface area contributed by atoms with Crippen LogP contribution in [0.15, 0.2) is 72.8 Å². The highest BCUT2D eigenvalue weighted by molar-refractivity contribution is 5.93. The topological polar surface area (TPSA) is 23.8 Å². The lowest BCUT2D eigenvalue weighted by Gasteiger charge is -2.00. The van der Waals surface area contributed by atoms with Gasteiger partial charge in [0.2, 0.25) is 0 Å². The second-order valence-electron chi connectivity index (χ2n) is 4.60. The van der Waals surface area contributed by atoms with Crippen molar-refractivity contribution >= 4 is 11.6 Å². The molecule has 0 aromatic heterocycles. The lowest BCUT2D eigenvalue weighted by atomic mass is 10.0. The molecule has 0 spiro atoms. The highest BCUT2D eigenvalue weighted by Crippen LogP contribution is 2.30. The molecular formula is C19H13N. The molecule has 1 heteroatoms. The van der Waals surface area contributed by atoms with E-state index in [0.29, 0.717) is 5.57 Å². The number of nitrogens with zero attached hydrogens (tertiary/aromatic N) is 1. The second-order valence-corrected chi connectivity index (χ2v) is 4.60. The molecule has 2 aliphatic carbocycles. The van der Waals surface area contributed by atoms with Crippen LogP contribution < -0.4 is 0 Å². The van der Waals surface area contributed by atoms with Crippen molar-refractivity contribution in [1.82, 2.24) is 0 Å². The van der Waals surface area contributed by atoms with Gasteiger partial charge in [-0.25, -0.2) is 0 Å². The second kappa shape index (κ2) is 5.42. The van der Waals surface area contributed by atoms with Crippen molar-refractivity contribution in [2.45, 2.75) is 0 Å². The fourth-order valence-electron chi connectivity index (χ4n) is 2.32. The molecule has 1 aromatic rings. The summed E-state index contributed by atoms with van der Waals surface area (Å²) in [4.78, 5) is 0. The van der Waals surface area contributed by atoms with Crippen molar-refractivity contribution in [3.8, 4) is 17.2 Å². The van der Waals surface area contributed by atoms with Crippen molar-refractivity contribution in [2.75, 3.05) is 0 Å². The molecule has 0 atom stereocenters. The molecule has 94 valence electrons. The van der Waals surface area contributed by atoms with Gasteiger partial charge in [0.25, 0.3) is 0 Å². The third-order valence-electron chi connectivity index (χ3n) is 3.33. The van der Waals surface area contributed by atoms with E-state index in [1.807, 2.05) is 54.6 Å². The van der Waals surface area contributed by atoms with Crippen molar-refractivity contribution in [1.29, 1.82) is 5.26 Å². The fourth-order valence-corrected chi connectivity index (χ4v) is 2.32. The molecule has 0 aliphatic heterocycles. The zero-order valence-electron chi connectivity index (χ0n) is 11.0. The molecule has 0 radical (unpaired) electrons. The van der Waals surface area contributed by atoms with Gasteiger partial charge in [-0.05, 0) is 28.3 Å². The van der Waals surface area contributed by atoms with Crippen LogP contribution >= 0.6 is 0 Å². The summed E-state index contributed by atoms with van der Waals surface area (Å²) in [6, 6.07) is 26.4. The summed E-state index contributed by atoms with van der Waals surface area (Å²) in [7, 11) is 0. The van der Waals surface area contributed by atoms with Crippen molar-refractivity contribution in [3.63, 3.8) is 0 Å². The van der Waals surface area contributed by atoms with Crippen LogP contribution in [0.5, 0.6) is 0 Å². The zero-order chi connectivity index (χ0) is 13.8. The van der Waals surface area contributed by atoms with Crippen LogP contribution in [0.3, 0.4) is 0 Å². The van der Waals surface area contributed by atoms with Gasteiger partial charge >= 0.3 is 0 Å². The van der Waals surface area contributed by atoms with E-state index in [0.717, 1.165) is 11.1 Å². The molecular weight excluding hydrogens is 242 g/mol. The highest BCUT2D eigenvalue weighted by Gasteiger charge is 2.07. The Morgan fingerprint density at radius 2 is 1.50 bits per heavy atom. The van der Waals surface area contributed by atoms with E-state index in [1.54, 1.807) is 0 Å². The molecule has 0 N–H and O–H groups in total. The maximum atomic E-state index is 9.38. The Morgan fingerprint density at radius 3 is 2.25 bits per heavy atom. The van der Waals surface area contributed by atoms with Crippen LogP contribution in [0, 0.1) is 11.3 Å². The third-order valence-corrected chi connectivity index (χ3v) is 3.33. The summed E-state index contributed by atoms with van der Waals surface area (Å²) in [5, 5.41) is 9.38. The van der Waals surface area contributed by atoms with E-state index < -0.39 is 0 Å². The molecule has 2 aliphatic rings. The Morgan fingerprint density at radius 1 is 0.800 bits per heavy atom. The van der Waals surface area contributed by atoms with Gasteiger partial charge in [-0.2, -0.15) is 5.26 Å². The van der Waals surface area contributed by atoms with Gasteiger partial charge in [0.1, 0.15) is 0 Å². The van der Waals surface area contributed by atoms with Crippen LogP contribution in [0.4, 0.5) is 0 Å². The van der Waals surface area contributed by atoms with Crippen molar-refractivity contribution < 1.29 is 0 Å². The number of hydrogen-bond donors (Lipinski definition) is 0. The van der Waals surface area contributed by atoms with Gasteiger partial charge in [-0.1, -0.05) is 72.8 Å². The summed E-state index contributed by atoms with van der Waals surface area (Å²) in [6.45, 7) is 0. The van der Waals surface area contributed by atoms with Gasteiger partial charge < -0.3 is 0 Å². The van der Waals surface area contributed by atoms with Crippen molar-refractivity contribution in [3.05, 3.63) is 83.9 Å². The van der Waals surface area contributed by atoms with E-state index >= 15 is 0 Å². The Hall–Kier alpha value is -2.85. The molecule has 3 rings (SSSR count). The van der Waals surface area contributed by atoms with E-state index in [9.17, 15) is 5.26 Å². The Labute approximate surface area is 118 Å². The summed E-state index contributed by atoms with van der Waals surface area (Å²) in [6.07, 6.45) is 1.96. The molecule has 0 amide bonds. The molecule has 0 unspecified atom stereocenters. The minimum Gasteiger partial charge on any atom is -0.192 e. The smallest absolute Gasteiger partial charge is 0.0998 e. The maximum absolute atomic E-state index is 9.38. The molecule has 0 fully saturated rings. The Kier molecular flexibility index (Phi) is 3.31. The van der Waals surface area contributed by atoms with E-state index in [4.69, 9.17) is 0 Å². The Balaban J connectivity index is 2.09. The monoisotopic (exact) mass is 255 g/mol. The number of benzene rings is 1. The molecule has 0 saturated carbocycles. The Bertz CT molecular complexity index is 763. The fraction of sp³-hybridized carbons (Fsp3) is 0. The first-order valence-corrected chi connectivity index (χ1v) is 6.53. The number of rotatable bonds is 2. The molecule has 0 heterocycles. The average Bonchev–Trinajstić information content (AvgIpc) is 2.72. The quantitative estimate of drug-likeness (QED) is 0.600. The van der Waals surface area contributed by atoms with Crippen LogP contribution in [0.2, 0.25) is 0 Å². The third kappa shape index (κ3) is 2.32. The number of nitriles is 1. The van der Waals surface area contributed by atoms with Crippen LogP contribution in [0.1, 0.15) is 11.1 Å². The molecule has 0 bridgehead atoms. The first-order chi connectivity index (χ1) is 9.88. The van der Waals surface area contributed by atoms with E-state index in [-0.39, 0.29) is 0 Å². The van der Waals surface area contributed by atoms with Gasteiger partial charge in [-0.15, -0.1) is 0 Å². The predicted molar refractivity (Wildman–Crippen MR) is 83.0 cm³/mol. The minimum absolute atomic E-state index is 0.685. The average molecular weight is 255 g/mol. The lowest BCUT2D eigenvalue weighted by Crippen LogP contribution is -1.81. The summed E-state index contributed by atoms with van der Waals surface area (Å²) >= 11 is 0. The van der Waals surface area contributed by atoms with Crippen LogP contribution in [0.25, 0.3) is 22.8 Å². The normalized spacial score (nSPS) is 11.2. The molecule has 0 saturated heterocycles. The largest absolute Gasteiger partial charge is 0.192 e. The molecule has 1 aromatic carbocycles. The van der Waals surface area contributed by atoms with Crippen LogP contribution in [-0.4, -0.2) is 0 Å². The molecule has 1 nitrogen and oxygen atoms in total. The van der Waals surface area contributed by atoms with E-state index in [2.05, 4.69) is 30.3 Å². The van der Waals surface area contributed by atoms with Gasteiger partial charge in [0.05, 0.1) is 11.6 Å². The number of hydrogen-bond acceptors (Lipinski definition) is 1. The maximum Gasteiger partial charge on any atom is 0.0998 e. The standard InChI is InChI=1S/C19H13N/c20-14-18(15-7-3-1-4-8-15)13-17-12-11-16-9-5-2-6-10-19(16)17/h1-13H. The first kappa shape index (κ1) is 12.2. The zero-order valence-corrected chi connectivity index (χ0v) is 11.0. The van der Waals surface area contributed by atoms with Crippen LogP contribution in [-0.2, 0) is 0 Å². The summed E-state index contributed by atoms with van der Waals surface area (Å²) in [5.41, 5.74) is 5.07. The SMILES string of the molecule is N#CC(=Cc1ccc2cccccc1-2)c1ccccc1. The van der Waals surface area contributed by atoms with Gasteiger partial charge in [0.15, 0.2) is 0 Å². The van der Waals surface area contributed by atoms with Gasteiger partial charge in [-0.3, -0.25) is 0 Å². The van der Waals surface area contributed by atoms with Gasteiger partial charge in [0, 0.05) is 0 Å².